The molecular weight excluding hydrogens is 300 g/mol. The second-order valence-corrected chi connectivity index (χ2v) is 5.77. The molecule has 0 atom stereocenters. The predicted octanol–water partition coefficient (Wildman–Crippen LogP) is 4.41. The highest BCUT2D eigenvalue weighted by atomic mass is 16.5. The molecule has 5 heteroatoms. The maximum Gasteiger partial charge on any atom is 0.258 e. The summed E-state index contributed by atoms with van der Waals surface area (Å²) in [5.41, 5.74) is 6.26. The molecule has 0 aliphatic rings. The van der Waals surface area contributed by atoms with Gasteiger partial charge in [0, 0.05) is 22.9 Å². The Bertz CT molecular complexity index is 986. The van der Waals surface area contributed by atoms with Gasteiger partial charge in [-0.25, -0.2) is 0 Å². The van der Waals surface area contributed by atoms with Gasteiger partial charge in [-0.15, -0.1) is 0 Å². The van der Waals surface area contributed by atoms with E-state index in [-0.39, 0.29) is 0 Å². The van der Waals surface area contributed by atoms with E-state index in [1.165, 1.54) is 11.1 Å². The molecular formula is C19H16N4O. The van der Waals surface area contributed by atoms with Crippen molar-refractivity contribution in [2.45, 2.75) is 13.8 Å². The Morgan fingerprint density at radius 3 is 2.54 bits per heavy atom. The third-order valence-corrected chi connectivity index (χ3v) is 4.11. The van der Waals surface area contributed by atoms with E-state index < -0.39 is 0 Å². The highest BCUT2D eigenvalue weighted by Crippen LogP contribution is 2.26. The second-order valence-electron chi connectivity index (χ2n) is 5.77. The van der Waals surface area contributed by atoms with Gasteiger partial charge in [-0.1, -0.05) is 29.4 Å². The van der Waals surface area contributed by atoms with Crippen molar-refractivity contribution in [1.29, 1.82) is 0 Å². The zero-order chi connectivity index (χ0) is 16.5. The minimum Gasteiger partial charge on any atom is -0.334 e. The Morgan fingerprint density at radius 2 is 1.75 bits per heavy atom. The zero-order valence-electron chi connectivity index (χ0n) is 13.4. The van der Waals surface area contributed by atoms with Crippen molar-refractivity contribution in [3.63, 3.8) is 0 Å². The fraction of sp³-hybridized carbons (Fsp3) is 0.105. The lowest BCUT2D eigenvalue weighted by Gasteiger charge is -2.01. The van der Waals surface area contributed by atoms with Crippen LogP contribution in [0.3, 0.4) is 0 Å². The average molecular weight is 316 g/mol. The highest BCUT2D eigenvalue weighted by Gasteiger charge is 2.12. The molecule has 4 rings (SSSR count). The van der Waals surface area contributed by atoms with Gasteiger partial charge in [-0.2, -0.15) is 10.1 Å². The molecule has 0 aliphatic heterocycles. The van der Waals surface area contributed by atoms with E-state index in [9.17, 15) is 0 Å². The smallest absolute Gasteiger partial charge is 0.258 e. The lowest BCUT2D eigenvalue weighted by atomic mass is 10.1. The second kappa shape index (κ2) is 5.77. The summed E-state index contributed by atoms with van der Waals surface area (Å²) < 4.78 is 5.45. The van der Waals surface area contributed by atoms with Gasteiger partial charge in [0.25, 0.3) is 5.89 Å². The molecule has 0 amide bonds. The van der Waals surface area contributed by atoms with Crippen molar-refractivity contribution in [3.8, 4) is 34.1 Å². The molecule has 0 radical (unpaired) electrons. The number of hydrogen-bond donors (Lipinski definition) is 1. The van der Waals surface area contributed by atoms with E-state index in [1.54, 1.807) is 6.20 Å². The maximum atomic E-state index is 5.45. The highest BCUT2D eigenvalue weighted by molar-refractivity contribution is 5.68. The minimum atomic E-state index is 0.528. The molecule has 0 spiro atoms. The van der Waals surface area contributed by atoms with Crippen LogP contribution in [0.15, 0.2) is 59.3 Å². The number of aromatic nitrogens is 4. The first-order chi connectivity index (χ1) is 11.7. The van der Waals surface area contributed by atoms with Crippen LogP contribution in [0.4, 0.5) is 0 Å². The number of aryl methyl sites for hydroxylation is 2. The first-order valence-corrected chi connectivity index (χ1v) is 7.72. The van der Waals surface area contributed by atoms with Gasteiger partial charge in [0.15, 0.2) is 0 Å². The standard InChI is InChI=1S/C19H16N4O/c1-12-6-7-16(10-13(12)2)19-21-18(23-24-19)15-5-3-4-14(11-15)17-8-9-20-22-17/h3-11H,1-2H3,(H,20,22). The molecule has 5 nitrogen and oxygen atoms in total. The monoisotopic (exact) mass is 316 g/mol. The molecule has 4 aromatic rings. The Morgan fingerprint density at radius 1 is 0.875 bits per heavy atom. The Kier molecular flexibility index (Phi) is 3.46. The van der Waals surface area contributed by atoms with Crippen LogP contribution in [0.2, 0.25) is 0 Å². The normalized spacial score (nSPS) is 10.9. The summed E-state index contributed by atoms with van der Waals surface area (Å²) in [5, 5.41) is 11.1. The predicted molar refractivity (Wildman–Crippen MR) is 92.2 cm³/mol. The van der Waals surface area contributed by atoms with Crippen molar-refractivity contribution in [3.05, 3.63) is 65.9 Å². The fourth-order valence-corrected chi connectivity index (χ4v) is 2.57. The molecule has 0 bridgehead atoms. The van der Waals surface area contributed by atoms with Crippen LogP contribution in [0.5, 0.6) is 0 Å². The fourth-order valence-electron chi connectivity index (χ4n) is 2.57. The number of aromatic amines is 1. The summed E-state index contributed by atoms with van der Waals surface area (Å²) in [7, 11) is 0. The molecule has 1 N–H and O–H groups in total. The first-order valence-electron chi connectivity index (χ1n) is 7.72. The first kappa shape index (κ1) is 14.4. The lowest BCUT2D eigenvalue weighted by molar-refractivity contribution is 0.432. The van der Waals surface area contributed by atoms with Crippen molar-refractivity contribution < 1.29 is 4.52 Å². The van der Waals surface area contributed by atoms with Crippen molar-refractivity contribution in [2.75, 3.05) is 0 Å². The summed E-state index contributed by atoms with van der Waals surface area (Å²) in [6.45, 7) is 4.16. The van der Waals surface area contributed by atoms with E-state index >= 15 is 0 Å². The van der Waals surface area contributed by atoms with Crippen molar-refractivity contribution >= 4 is 0 Å². The van der Waals surface area contributed by atoms with Gasteiger partial charge in [0.05, 0.1) is 5.69 Å². The lowest BCUT2D eigenvalue weighted by Crippen LogP contribution is -1.85. The molecule has 0 fully saturated rings. The third kappa shape index (κ3) is 2.60. The molecule has 0 saturated heterocycles. The number of benzene rings is 2. The van der Waals surface area contributed by atoms with E-state index in [4.69, 9.17) is 4.52 Å². The van der Waals surface area contributed by atoms with Crippen LogP contribution in [0, 0.1) is 13.8 Å². The van der Waals surface area contributed by atoms with Gasteiger partial charge in [-0.3, -0.25) is 5.10 Å². The van der Waals surface area contributed by atoms with Crippen LogP contribution >= 0.6 is 0 Å². The average Bonchev–Trinajstić information content (AvgIpc) is 3.29. The van der Waals surface area contributed by atoms with Crippen LogP contribution in [-0.2, 0) is 0 Å². The summed E-state index contributed by atoms with van der Waals surface area (Å²) in [5.74, 6) is 1.10. The number of rotatable bonds is 3. The third-order valence-electron chi connectivity index (χ3n) is 4.11. The van der Waals surface area contributed by atoms with Crippen LogP contribution in [0.1, 0.15) is 11.1 Å². The molecule has 2 aromatic heterocycles. The Labute approximate surface area is 139 Å². The topological polar surface area (TPSA) is 67.6 Å². The molecule has 0 saturated carbocycles. The summed E-state index contributed by atoms with van der Waals surface area (Å²) >= 11 is 0. The summed E-state index contributed by atoms with van der Waals surface area (Å²) in [6, 6.07) is 16.0. The molecule has 2 heterocycles. The van der Waals surface area contributed by atoms with Gasteiger partial charge >= 0.3 is 0 Å². The largest absolute Gasteiger partial charge is 0.334 e. The molecule has 118 valence electrons. The Hall–Kier alpha value is -3.21. The van der Waals surface area contributed by atoms with Gasteiger partial charge in [-0.05, 0) is 49.2 Å². The number of H-pyrrole nitrogens is 1. The van der Waals surface area contributed by atoms with Gasteiger partial charge in [0.1, 0.15) is 0 Å². The molecule has 2 aromatic carbocycles. The van der Waals surface area contributed by atoms with Crippen molar-refractivity contribution in [1.82, 2.24) is 20.3 Å². The summed E-state index contributed by atoms with van der Waals surface area (Å²) in [6.07, 6.45) is 1.73. The van der Waals surface area contributed by atoms with E-state index in [0.717, 1.165) is 22.4 Å². The minimum absolute atomic E-state index is 0.528. The maximum absolute atomic E-state index is 5.45. The van der Waals surface area contributed by atoms with Gasteiger partial charge < -0.3 is 4.52 Å². The van der Waals surface area contributed by atoms with E-state index in [0.29, 0.717) is 11.7 Å². The van der Waals surface area contributed by atoms with Crippen LogP contribution < -0.4 is 0 Å². The van der Waals surface area contributed by atoms with E-state index in [1.807, 2.05) is 36.4 Å². The van der Waals surface area contributed by atoms with E-state index in [2.05, 4.69) is 46.3 Å². The number of hydrogen-bond acceptors (Lipinski definition) is 4. The molecule has 24 heavy (non-hydrogen) atoms. The Balaban J connectivity index is 1.70. The van der Waals surface area contributed by atoms with Gasteiger partial charge in [0.2, 0.25) is 5.82 Å². The quantitative estimate of drug-likeness (QED) is 0.608. The zero-order valence-corrected chi connectivity index (χ0v) is 13.4. The molecule has 0 aliphatic carbocycles. The summed E-state index contributed by atoms with van der Waals surface area (Å²) in [4.78, 5) is 4.54. The number of nitrogens with zero attached hydrogens (tertiary/aromatic N) is 3. The van der Waals surface area contributed by atoms with Crippen molar-refractivity contribution in [2.24, 2.45) is 0 Å². The SMILES string of the molecule is Cc1ccc(-c2nc(-c3cccc(-c4ccn[nH]4)c3)no2)cc1C. The number of nitrogens with one attached hydrogen (secondary N) is 1. The van der Waals surface area contributed by atoms with Crippen LogP contribution in [0.25, 0.3) is 34.1 Å². The van der Waals surface area contributed by atoms with Crippen LogP contribution in [-0.4, -0.2) is 20.3 Å². The molecule has 0 unspecified atom stereocenters.